The van der Waals surface area contributed by atoms with Crippen molar-refractivity contribution in [2.45, 2.75) is 19.9 Å². The minimum atomic E-state index is -0.527. The molecule has 1 aliphatic rings. The van der Waals surface area contributed by atoms with Gasteiger partial charge in [-0.15, -0.1) is 0 Å². The van der Waals surface area contributed by atoms with E-state index in [4.69, 9.17) is 0 Å². The van der Waals surface area contributed by atoms with Gasteiger partial charge >= 0.3 is 0 Å². The first kappa shape index (κ1) is 14.5. The third-order valence-corrected chi connectivity index (χ3v) is 3.77. The minimum absolute atomic E-state index is 0.0398. The van der Waals surface area contributed by atoms with Crippen LogP contribution in [0.1, 0.15) is 13.8 Å². The van der Waals surface area contributed by atoms with E-state index in [9.17, 15) is 9.90 Å². The number of carbonyl (C=O) groups is 1. The summed E-state index contributed by atoms with van der Waals surface area (Å²) >= 11 is 3.43. The molecule has 0 aromatic heterocycles. The molecular weight excluding hydrogens is 308 g/mol. The van der Waals surface area contributed by atoms with E-state index < -0.39 is 6.04 Å². The predicted octanol–water partition coefficient (Wildman–Crippen LogP) is 1.77. The fourth-order valence-electron chi connectivity index (χ4n) is 2.24. The number of hydrogen-bond acceptors (Lipinski definition) is 3. The largest absolute Gasteiger partial charge is 0.394 e. The Hall–Kier alpha value is -0.910. The average molecular weight is 327 g/mol. The van der Waals surface area contributed by atoms with Gasteiger partial charge < -0.3 is 15.3 Å². The van der Waals surface area contributed by atoms with Crippen LogP contribution in [0.5, 0.6) is 0 Å². The number of halogens is 1. The first-order valence-electron chi connectivity index (χ1n) is 6.34. The zero-order valence-corrected chi connectivity index (χ0v) is 12.8. The number of hydrogen-bond donors (Lipinski definition) is 2. The molecule has 5 heteroatoms. The van der Waals surface area contributed by atoms with Crippen molar-refractivity contribution in [3.63, 3.8) is 0 Å². The van der Waals surface area contributed by atoms with Crippen LogP contribution in [0.4, 0.5) is 5.69 Å². The van der Waals surface area contributed by atoms with Crippen molar-refractivity contribution in [1.82, 2.24) is 5.32 Å². The Morgan fingerprint density at radius 1 is 1.53 bits per heavy atom. The Bertz CT molecular complexity index is 476. The summed E-state index contributed by atoms with van der Waals surface area (Å²) in [6.45, 7) is 5.37. The van der Waals surface area contributed by atoms with Crippen LogP contribution in [0.25, 0.3) is 0 Å². The molecule has 0 radical (unpaired) electrons. The lowest BCUT2D eigenvalue weighted by Crippen LogP contribution is -2.46. The van der Waals surface area contributed by atoms with Crippen LogP contribution in [0, 0.1) is 5.41 Å². The Morgan fingerprint density at radius 2 is 2.26 bits per heavy atom. The van der Waals surface area contributed by atoms with Gasteiger partial charge in [0.1, 0.15) is 6.04 Å². The van der Waals surface area contributed by atoms with E-state index in [1.165, 1.54) is 0 Å². The fourth-order valence-corrected chi connectivity index (χ4v) is 2.63. The molecule has 1 aromatic rings. The van der Waals surface area contributed by atoms with Gasteiger partial charge in [-0.1, -0.05) is 35.8 Å². The first-order chi connectivity index (χ1) is 8.93. The standard InChI is InChI=1S/C14H19BrN2O2/c1-14(2)8-16-12(7-18)13(19)17(9-14)11-5-3-4-10(15)6-11/h3-6,12,16,18H,7-9H2,1-2H3. The molecule has 1 atom stereocenters. The predicted molar refractivity (Wildman–Crippen MR) is 79.2 cm³/mol. The van der Waals surface area contributed by atoms with E-state index in [0.717, 1.165) is 10.2 Å². The van der Waals surface area contributed by atoms with Crippen LogP contribution in [-0.2, 0) is 4.79 Å². The summed E-state index contributed by atoms with van der Waals surface area (Å²) in [5, 5.41) is 12.5. The van der Waals surface area contributed by atoms with Gasteiger partial charge in [-0.3, -0.25) is 4.79 Å². The maximum absolute atomic E-state index is 12.5. The lowest BCUT2D eigenvalue weighted by molar-refractivity contribution is -0.121. The number of rotatable bonds is 2. The van der Waals surface area contributed by atoms with Crippen molar-refractivity contribution in [3.8, 4) is 0 Å². The van der Waals surface area contributed by atoms with Gasteiger partial charge in [0, 0.05) is 23.2 Å². The van der Waals surface area contributed by atoms with Gasteiger partial charge in [-0.25, -0.2) is 0 Å². The molecule has 1 unspecified atom stereocenters. The molecule has 2 rings (SSSR count). The van der Waals surface area contributed by atoms with Crippen molar-refractivity contribution in [1.29, 1.82) is 0 Å². The summed E-state index contributed by atoms with van der Waals surface area (Å²) in [5.41, 5.74) is 0.816. The Labute approximate surface area is 121 Å². The van der Waals surface area contributed by atoms with Crippen LogP contribution in [0.15, 0.2) is 28.7 Å². The molecule has 1 fully saturated rings. The van der Waals surface area contributed by atoms with Crippen LogP contribution >= 0.6 is 15.9 Å². The highest BCUT2D eigenvalue weighted by molar-refractivity contribution is 9.10. The number of benzene rings is 1. The van der Waals surface area contributed by atoms with Gasteiger partial charge in [0.05, 0.1) is 6.61 Å². The molecule has 1 aliphatic heterocycles. The van der Waals surface area contributed by atoms with Gasteiger partial charge in [0.2, 0.25) is 5.91 Å². The molecule has 4 nitrogen and oxygen atoms in total. The van der Waals surface area contributed by atoms with Crippen molar-refractivity contribution in [3.05, 3.63) is 28.7 Å². The van der Waals surface area contributed by atoms with Crippen LogP contribution < -0.4 is 10.2 Å². The van der Waals surface area contributed by atoms with E-state index in [1.807, 2.05) is 24.3 Å². The van der Waals surface area contributed by atoms with E-state index >= 15 is 0 Å². The zero-order valence-electron chi connectivity index (χ0n) is 11.2. The summed E-state index contributed by atoms with van der Waals surface area (Å²) in [4.78, 5) is 14.2. The second-order valence-corrected chi connectivity index (χ2v) is 6.60. The van der Waals surface area contributed by atoms with E-state index in [0.29, 0.717) is 13.1 Å². The molecule has 104 valence electrons. The lowest BCUT2D eigenvalue weighted by Gasteiger charge is -2.29. The molecule has 0 saturated carbocycles. The van der Waals surface area contributed by atoms with E-state index in [1.54, 1.807) is 4.90 Å². The van der Waals surface area contributed by atoms with Gasteiger partial charge in [0.15, 0.2) is 0 Å². The number of anilines is 1. The topological polar surface area (TPSA) is 52.6 Å². The Kier molecular flexibility index (Phi) is 4.28. The summed E-state index contributed by atoms with van der Waals surface area (Å²) in [6.07, 6.45) is 0. The second-order valence-electron chi connectivity index (χ2n) is 5.68. The summed E-state index contributed by atoms with van der Waals surface area (Å²) in [7, 11) is 0. The summed E-state index contributed by atoms with van der Waals surface area (Å²) in [6, 6.07) is 7.15. The molecule has 2 N–H and O–H groups in total. The zero-order chi connectivity index (χ0) is 14.0. The van der Waals surface area contributed by atoms with Crippen LogP contribution in [0.3, 0.4) is 0 Å². The highest BCUT2D eigenvalue weighted by Gasteiger charge is 2.34. The van der Waals surface area contributed by atoms with Crippen LogP contribution in [-0.4, -0.2) is 36.8 Å². The monoisotopic (exact) mass is 326 g/mol. The first-order valence-corrected chi connectivity index (χ1v) is 7.13. The van der Waals surface area contributed by atoms with Crippen molar-refractivity contribution < 1.29 is 9.90 Å². The van der Waals surface area contributed by atoms with Crippen molar-refractivity contribution in [2.24, 2.45) is 5.41 Å². The molecular formula is C14H19BrN2O2. The highest BCUT2D eigenvalue weighted by Crippen LogP contribution is 2.27. The van der Waals surface area contributed by atoms with Gasteiger partial charge in [0.25, 0.3) is 0 Å². The number of nitrogens with zero attached hydrogens (tertiary/aromatic N) is 1. The third kappa shape index (κ3) is 3.35. The Morgan fingerprint density at radius 3 is 2.89 bits per heavy atom. The normalized spacial score (nSPS) is 23.3. The SMILES string of the molecule is CC1(C)CNC(CO)C(=O)N(c2cccc(Br)c2)C1. The number of carbonyl (C=O) groups excluding carboxylic acids is 1. The fraction of sp³-hybridized carbons (Fsp3) is 0.500. The number of amides is 1. The minimum Gasteiger partial charge on any atom is -0.394 e. The van der Waals surface area contributed by atoms with Gasteiger partial charge in [-0.05, 0) is 23.6 Å². The van der Waals surface area contributed by atoms with Crippen molar-refractivity contribution >= 4 is 27.5 Å². The highest BCUT2D eigenvalue weighted by atomic mass is 79.9. The molecule has 1 aromatic carbocycles. The molecule has 0 aliphatic carbocycles. The quantitative estimate of drug-likeness (QED) is 0.871. The molecule has 19 heavy (non-hydrogen) atoms. The average Bonchev–Trinajstić information content (AvgIpc) is 2.47. The number of aliphatic hydroxyl groups excluding tert-OH is 1. The number of nitrogens with one attached hydrogen (secondary N) is 1. The summed E-state index contributed by atoms with van der Waals surface area (Å²) in [5.74, 6) is -0.0776. The molecule has 0 bridgehead atoms. The molecule has 1 heterocycles. The van der Waals surface area contributed by atoms with Crippen molar-refractivity contribution in [2.75, 3.05) is 24.6 Å². The smallest absolute Gasteiger partial charge is 0.246 e. The molecule has 1 amide bonds. The maximum Gasteiger partial charge on any atom is 0.246 e. The van der Waals surface area contributed by atoms with E-state index in [-0.39, 0.29) is 17.9 Å². The van der Waals surface area contributed by atoms with Gasteiger partial charge in [-0.2, -0.15) is 0 Å². The maximum atomic E-state index is 12.5. The number of aliphatic hydroxyl groups is 1. The Balaban J connectivity index is 2.36. The van der Waals surface area contributed by atoms with E-state index in [2.05, 4.69) is 35.1 Å². The summed E-state index contributed by atoms with van der Waals surface area (Å²) < 4.78 is 0.938. The molecule has 0 spiro atoms. The lowest BCUT2D eigenvalue weighted by atomic mass is 9.93. The second kappa shape index (κ2) is 5.61. The third-order valence-electron chi connectivity index (χ3n) is 3.28. The molecule has 1 saturated heterocycles. The van der Waals surface area contributed by atoms with Crippen LogP contribution in [0.2, 0.25) is 0 Å².